The molecule has 1 unspecified atom stereocenters. The Labute approximate surface area is 244 Å². The van der Waals surface area contributed by atoms with Crippen molar-refractivity contribution in [3.63, 3.8) is 0 Å². The third-order valence-corrected chi connectivity index (χ3v) is 8.15. The van der Waals surface area contributed by atoms with Crippen LogP contribution in [0.5, 0.6) is 5.75 Å². The minimum Gasteiger partial charge on any atom is -0.496 e. The molecule has 1 aliphatic rings. The molecule has 7 nitrogen and oxygen atoms in total. The second-order valence-corrected chi connectivity index (χ2v) is 10.8. The number of ether oxygens (including phenoxy) is 2. The van der Waals surface area contributed by atoms with Crippen molar-refractivity contribution in [2.75, 3.05) is 13.7 Å². The molecule has 0 N–H and O–H groups in total. The van der Waals surface area contributed by atoms with Gasteiger partial charge in [0.05, 0.1) is 39.6 Å². The predicted molar refractivity (Wildman–Crippen MR) is 157 cm³/mol. The second-order valence-electron chi connectivity index (χ2n) is 8.99. The topological polar surface area (TPSA) is 83.0 Å². The molecule has 5 rings (SSSR count). The van der Waals surface area contributed by atoms with Crippen LogP contribution in [-0.4, -0.2) is 24.3 Å². The molecule has 10 heteroatoms. The quantitative estimate of drug-likeness (QED) is 0.228. The first-order chi connectivity index (χ1) is 19.4. The Kier molecular flexibility index (Phi) is 8.30. The summed E-state index contributed by atoms with van der Waals surface area (Å²) < 4.78 is 19.1. The largest absolute Gasteiger partial charge is 0.496 e. The molecular weight excluding hydrogens is 571 g/mol. The van der Waals surface area contributed by atoms with Gasteiger partial charge < -0.3 is 13.9 Å². The van der Waals surface area contributed by atoms with E-state index in [-0.39, 0.29) is 12.2 Å². The molecule has 0 aliphatic carbocycles. The molecular formula is C30H26Cl2N2O5S. The van der Waals surface area contributed by atoms with Crippen LogP contribution in [0.25, 0.3) is 17.4 Å². The van der Waals surface area contributed by atoms with Crippen LogP contribution in [-0.2, 0) is 9.53 Å². The lowest BCUT2D eigenvalue weighted by molar-refractivity contribution is -0.139. The van der Waals surface area contributed by atoms with Crippen LogP contribution in [0, 0.1) is 0 Å². The Bertz CT molecular complexity index is 1800. The van der Waals surface area contributed by atoms with Crippen molar-refractivity contribution in [1.82, 2.24) is 4.57 Å². The van der Waals surface area contributed by atoms with Gasteiger partial charge in [-0.05, 0) is 49.7 Å². The summed E-state index contributed by atoms with van der Waals surface area (Å²) in [5.41, 5.74) is 2.07. The Balaban J connectivity index is 1.69. The molecule has 0 fully saturated rings. The van der Waals surface area contributed by atoms with E-state index in [1.165, 1.54) is 11.3 Å². The van der Waals surface area contributed by atoms with E-state index in [2.05, 4.69) is 0 Å². The molecule has 0 radical (unpaired) electrons. The maximum Gasteiger partial charge on any atom is 0.338 e. The van der Waals surface area contributed by atoms with Crippen molar-refractivity contribution in [3.8, 4) is 17.1 Å². The Morgan fingerprint density at radius 1 is 1.12 bits per heavy atom. The number of thiazole rings is 1. The zero-order valence-electron chi connectivity index (χ0n) is 22.1. The SMILES string of the molecule is CCCC1=C(C(=O)OCC)C(c2ccccc2OC)n2c(s/c(=C\c3ccc(-c4ccc(Cl)c(Cl)c4)o3)c2=O)=N1. The third kappa shape index (κ3) is 5.27. The van der Waals surface area contributed by atoms with E-state index in [0.717, 1.165) is 12.0 Å². The number of esters is 1. The predicted octanol–water partition coefficient (Wildman–Crippen LogP) is 6.15. The average Bonchev–Trinajstić information content (AvgIpc) is 3.54. The van der Waals surface area contributed by atoms with Crippen molar-refractivity contribution < 1.29 is 18.7 Å². The standard InChI is InChI=1S/C30H26Cl2N2O5S/c1-4-8-22-26(29(36)38-5-2)27(19-9-6-7-10-24(19)37-3)34-28(35)25(40-30(34)33-22)16-18-12-14-23(39-18)17-11-13-20(31)21(32)15-17/h6-7,9-16,27H,4-5,8H2,1-3H3/b25-16-. The zero-order valence-corrected chi connectivity index (χ0v) is 24.4. The van der Waals surface area contributed by atoms with Crippen molar-refractivity contribution in [2.45, 2.75) is 32.7 Å². The fourth-order valence-electron chi connectivity index (χ4n) is 4.67. The first-order valence-electron chi connectivity index (χ1n) is 12.8. The first kappa shape index (κ1) is 28.0. The Morgan fingerprint density at radius 2 is 1.93 bits per heavy atom. The van der Waals surface area contributed by atoms with Gasteiger partial charge in [-0.25, -0.2) is 9.79 Å². The van der Waals surface area contributed by atoms with Gasteiger partial charge in [-0.15, -0.1) is 0 Å². The molecule has 0 amide bonds. The maximum absolute atomic E-state index is 13.9. The highest BCUT2D eigenvalue weighted by Crippen LogP contribution is 2.37. The summed E-state index contributed by atoms with van der Waals surface area (Å²) in [6.45, 7) is 3.96. The van der Waals surface area contributed by atoms with E-state index in [1.54, 1.807) is 55.0 Å². The summed E-state index contributed by atoms with van der Waals surface area (Å²) in [6, 6.07) is 15.4. The van der Waals surface area contributed by atoms with E-state index >= 15 is 0 Å². The summed E-state index contributed by atoms with van der Waals surface area (Å²) in [6.07, 6.45) is 2.99. The van der Waals surface area contributed by atoms with Gasteiger partial charge in [-0.3, -0.25) is 9.36 Å². The van der Waals surface area contributed by atoms with Gasteiger partial charge in [0.25, 0.3) is 5.56 Å². The Hall–Kier alpha value is -3.59. The number of carbonyl (C=O) groups excluding carboxylic acids is 1. The monoisotopic (exact) mass is 596 g/mol. The highest BCUT2D eigenvalue weighted by Gasteiger charge is 2.35. The molecule has 40 heavy (non-hydrogen) atoms. The number of methoxy groups -OCH3 is 1. The van der Waals surface area contributed by atoms with Gasteiger partial charge in [-0.2, -0.15) is 0 Å². The normalized spacial score (nSPS) is 15.1. The molecule has 0 saturated carbocycles. The maximum atomic E-state index is 13.9. The third-order valence-electron chi connectivity index (χ3n) is 6.43. The van der Waals surface area contributed by atoms with Crippen molar-refractivity contribution in [3.05, 3.63) is 107 Å². The number of benzene rings is 2. The van der Waals surface area contributed by atoms with Gasteiger partial charge in [0, 0.05) is 17.2 Å². The van der Waals surface area contributed by atoms with Crippen LogP contribution < -0.4 is 19.6 Å². The lowest BCUT2D eigenvalue weighted by Gasteiger charge is -2.26. The van der Waals surface area contributed by atoms with Crippen LogP contribution in [0.3, 0.4) is 0 Å². The van der Waals surface area contributed by atoms with E-state index in [1.807, 2.05) is 31.2 Å². The van der Waals surface area contributed by atoms with Crippen LogP contribution in [0.15, 0.2) is 80.1 Å². The number of furan rings is 1. The van der Waals surface area contributed by atoms with E-state index < -0.39 is 12.0 Å². The highest BCUT2D eigenvalue weighted by molar-refractivity contribution is 7.07. The van der Waals surface area contributed by atoms with Gasteiger partial charge in [-0.1, -0.05) is 66.1 Å². The van der Waals surface area contributed by atoms with Crippen LogP contribution in [0.4, 0.5) is 0 Å². The van der Waals surface area contributed by atoms with E-state index in [0.29, 0.717) is 59.9 Å². The van der Waals surface area contributed by atoms with Crippen LogP contribution in [0.2, 0.25) is 10.0 Å². The Morgan fingerprint density at radius 3 is 2.65 bits per heavy atom. The first-order valence-corrected chi connectivity index (χ1v) is 14.3. The summed E-state index contributed by atoms with van der Waals surface area (Å²) in [5.74, 6) is 1.12. The number of halogens is 2. The smallest absolute Gasteiger partial charge is 0.338 e. The number of aromatic nitrogens is 1. The molecule has 1 aliphatic heterocycles. The van der Waals surface area contributed by atoms with E-state index in [9.17, 15) is 9.59 Å². The molecule has 0 saturated heterocycles. The number of hydrogen-bond donors (Lipinski definition) is 0. The summed E-state index contributed by atoms with van der Waals surface area (Å²) in [7, 11) is 1.56. The minimum atomic E-state index is -0.765. The fraction of sp³-hybridized carbons (Fsp3) is 0.233. The number of carbonyl (C=O) groups is 1. The zero-order chi connectivity index (χ0) is 28.4. The van der Waals surface area contributed by atoms with Crippen molar-refractivity contribution in [1.29, 1.82) is 0 Å². The fourth-order valence-corrected chi connectivity index (χ4v) is 5.97. The van der Waals surface area contributed by atoms with Crippen LogP contribution in [0.1, 0.15) is 44.1 Å². The number of rotatable bonds is 8. The average molecular weight is 598 g/mol. The summed E-state index contributed by atoms with van der Waals surface area (Å²) in [5, 5.41) is 0.870. The van der Waals surface area contributed by atoms with Gasteiger partial charge in [0.2, 0.25) is 0 Å². The molecule has 3 heterocycles. The summed E-state index contributed by atoms with van der Waals surface area (Å²) in [4.78, 5) is 32.6. The molecule has 2 aromatic heterocycles. The molecule has 1 atom stereocenters. The molecule has 0 bridgehead atoms. The molecule has 206 valence electrons. The second kappa shape index (κ2) is 11.9. The molecule has 0 spiro atoms. The van der Waals surface area contributed by atoms with E-state index in [4.69, 9.17) is 42.1 Å². The van der Waals surface area contributed by atoms with Gasteiger partial charge in [0.15, 0.2) is 4.80 Å². The van der Waals surface area contributed by atoms with Crippen molar-refractivity contribution >= 4 is 46.6 Å². The number of allylic oxidation sites excluding steroid dienone is 1. The van der Waals surface area contributed by atoms with Gasteiger partial charge in [0.1, 0.15) is 23.3 Å². The number of hydrogen-bond acceptors (Lipinski definition) is 7. The minimum absolute atomic E-state index is 0.199. The summed E-state index contributed by atoms with van der Waals surface area (Å²) >= 11 is 13.5. The van der Waals surface area contributed by atoms with Crippen molar-refractivity contribution in [2.24, 2.45) is 4.99 Å². The molecule has 4 aromatic rings. The highest BCUT2D eigenvalue weighted by atomic mass is 35.5. The lowest BCUT2D eigenvalue weighted by Crippen LogP contribution is -2.40. The number of para-hydroxylation sites is 1. The number of nitrogens with zero attached hydrogens (tertiary/aromatic N) is 2. The van der Waals surface area contributed by atoms with Crippen LogP contribution >= 0.6 is 34.5 Å². The number of fused-ring (bicyclic) bond motifs is 1. The van der Waals surface area contributed by atoms with Gasteiger partial charge >= 0.3 is 5.97 Å². The lowest BCUT2D eigenvalue weighted by atomic mass is 9.93. The molecule has 2 aromatic carbocycles.